The van der Waals surface area contributed by atoms with E-state index in [9.17, 15) is 4.39 Å². The van der Waals surface area contributed by atoms with Gasteiger partial charge in [-0.05, 0) is 25.1 Å². The molecule has 0 spiro atoms. The molecule has 2 nitrogen and oxygen atoms in total. The quantitative estimate of drug-likeness (QED) is 0.746. The van der Waals surface area contributed by atoms with Crippen LogP contribution in [0.3, 0.4) is 0 Å². The molecule has 2 rings (SSSR count). The Morgan fingerprint density at radius 3 is 2.75 bits per heavy atom. The monoisotopic (exact) mass is 259 g/mol. The van der Waals surface area contributed by atoms with Crippen molar-refractivity contribution in [3.8, 4) is 11.3 Å². The molecular weight excluding hydrogens is 252 g/mol. The highest BCUT2D eigenvalue weighted by Gasteiger charge is 2.11. The van der Waals surface area contributed by atoms with E-state index in [0.717, 1.165) is 0 Å². The lowest BCUT2D eigenvalue weighted by molar-refractivity contribution is 0.507. The van der Waals surface area contributed by atoms with E-state index in [4.69, 9.17) is 27.6 Å². The van der Waals surface area contributed by atoms with Gasteiger partial charge in [0.25, 0.3) is 0 Å². The molecule has 2 aromatic rings. The lowest BCUT2D eigenvalue weighted by Crippen LogP contribution is -1.81. The summed E-state index contributed by atoms with van der Waals surface area (Å²) in [7, 11) is 0. The van der Waals surface area contributed by atoms with E-state index in [1.54, 1.807) is 13.0 Å². The predicted molar refractivity (Wildman–Crippen MR) is 61.2 cm³/mol. The van der Waals surface area contributed by atoms with E-state index >= 15 is 0 Å². The molecule has 0 aliphatic carbocycles. The summed E-state index contributed by atoms with van der Waals surface area (Å²) in [6, 6.07) is 4.43. The molecule has 0 fully saturated rings. The van der Waals surface area contributed by atoms with Gasteiger partial charge in [-0.3, -0.25) is 0 Å². The Hall–Kier alpha value is -1.06. The molecule has 1 atom stereocenters. The van der Waals surface area contributed by atoms with Crippen molar-refractivity contribution in [2.45, 2.75) is 12.3 Å². The zero-order valence-electron chi connectivity index (χ0n) is 8.38. The number of rotatable bonds is 2. The minimum atomic E-state index is -0.490. The normalized spacial score (nSPS) is 12.8. The third-order valence-corrected chi connectivity index (χ3v) is 2.56. The summed E-state index contributed by atoms with van der Waals surface area (Å²) >= 11 is 11.4. The number of halogens is 3. The average molecular weight is 260 g/mol. The number of benzene rings is 1. The van der Waals surface area contributed by atoms with Crippen LogP contribution in [-0.4, -0.2) is 4.98 Å². The van der Waals surface area contributed by atoms with Gasteiger partial charge in [0.15, 0.2) is 5.76 Å². The first-order chi connectivity index (χ1) is 7.58. The maximum absolute atomic E-state index is 13.2. The van der Waals surface area contributed by atoms with Crippen molar-refractivity contribution in [2.24, 2.45) is 0 Å². The third-order valence-electron chi connectivity index (χ3n) is 2.07. The van der Waals surface area contributed by atoms with Gasteiger partial charge in [0, 0.05) is 5.56 Å². The summed E-state index contributed by atoms with van der Waals surface area (Å²) in [5, 5.41) is -0.236. The van der Waals surface area contributed by atoms with Crippen molar-refractivity contribution >= 4 is 23.2 Å². The summed E-state index contributed by atoms with van der Waals surface area (Å²) in [4.78, 5) is 3.99. The van der Waals surface area contributed by atoms with E-state index in [1.165, 1.54) is 18.3 Å². The van der Waals surface area contributed by atoms with E-state index < -0.39 is 5.82 Å². The fourth-order valence-corrected chi connectivity index (χ4v) is 1.47. The minimum Gasteiger partial charge on any atom is -0.439 e. The second kappa shape index (κ2) is 4.44. The fourth-order valence-electron chi connectivity index (χ4n) is 1.25. The molecule has 0 N–H and O–H groups in total. The highest BCUT2D eigenvalue weighted by Crippen LogP contribution is 2.27. The fraction of sp³-hybridized carbons (Fsp3) is 0.182. The number of aromatic nitrogens is 1. The predicted octanol–water partition coefficient (Wildman–Crippen LogP) is 4.43. The van der Waals surface area contributed by atoms with E-state index in [0.29, 0.717) is 17.2 Å². The SMILES string of the molecule is CC(Cl)c1ncc(-c2ccc(Cl)c(F)c2)o1. The Bertz CT molecular complexity index is 510. The largest absolute Gasteiger partial charge is 0.439 e. The van der Waals surface area contributed by atoms with Crippen LogP contribution in [0.1, 0.15) is 18.2 Å². The van der Waals surface area contributed by atoms with Gasteiger partial charge in [0.05, 0.1) is 11.2 Å². The van der Waals surface area contributed by atoms with Crippen molar-refractivity contribution < 1.29 is 8.81 Å². The Balaban J connectivity index is 2.39. The van der Waals surface area contributed by atoms with Crippen molar-refractivity contribution in [2.75, 3.05) is 0 Å². The first-order valence-electron chi connectivity index (χ1n) is 4.63. The van der Waals surface area contributed by atoms with Crippen LogP contribution < -0.4 is 0 Å². The second-order valence-electron chi connectivity index (χ2n) is 3.31. The summed E-state index contributed by atoms with van der Waals surface area (Å²) in [5.74, 6) is 0.390. The van der Waals surface area contributed by atoms with Crippen LogP contribution in [0.15, 0.2) is 28.8 Å². The molecule has 0 aliphatic rings. The van der Waals surface area contributed by atoms with Gasteiger partial charge in [0.2, 0.25) is 5.89 Å². The van der Waals surface area contributed by atoms with Crippen LogP contribution >= 0.6 is 23.2 Å². The number of nitrogens with zero attached hydrogens (tertiary/aromatic N) is 1. The topological polar surface area (TPSA) is 26.0 Å². The minimum absolute atomic E-state index is 0.0780. The average Bonchev–Trinajstić information content (AvgIpc) is 2.71. The van der Waals surface area contributed by atoms with Crippen molar-refractivity contribution in [1.29, 1.82) is 0 Å². The Morgan fingerprint density at radius 1 is 1.44 bits per heavy atom. The standard InChI is InChI=1S/C11H8Cl2FNO/c1-6(12)11-15-5-10(16-11)7-2-3-8(13)9(14)4-7/h2-6H,1H3. The van der Waals surface area contributed by atoms with E-state index in [2.05, 4.69) is 4.98 Å². The number of hydrogen-bond acceptors (Lipinski definition) is 2. The van der Waals surface area contributed by atoms with Gasteiger partial charge >= 0.3 is 0 Å². The molecule has 5 heteroatoms. The highest BCUT2D eigenvalue weighted by molar-refractivity contribution is 6.30. The lowest BCUT2D eigenvalue weighted by atomic mass is 10.2. The molecule has 1 aromatic heterocycles. The Morgan fingerprint density at radius 2 is 2.19 bits per heavy atom. The molecule has 0 bridgehead atoms. The van der Waals surface area contributed by atoms with Crippen LogP contribution in [0.25, 0.3) is 11.3 Å². The molecular formula is C11H8Cl2FNO. The molecule has 0 aliphatic heterocycles. The third kappa shape index (κ3) is 2.20. The second-order valence-corrected chi connectivity index (χ2v) is 4.37. The molecule has 1 unspecified atom stereocenters. The summed E-state index contributed by atoms with van der Waals surface area (Å²) in [5.41, 5.74) is 0.581. The molecule has 84 valence electrons. The van der Waals surface area contributed by atoms with Gasteiger partial charge < -0.3 is 4.42 Å². The van der Waals surface area contributed by atoms with Gasteiger partial charge in [-0.25, -0.2) is 9.37 Å². The smallest absolute Gasteiger partial charge is 0.212 e. The molecule has 0 saturated heterocycles. The zero-order valence-corrected chi connectivity index (χ0v) is 9.89. The Labute approximate surface area is 102 Å². The molecule has 0 saturated carbocycles. The first-order valence-corrected chi connectivity index (χ1v) is 5.44. The summed E-state index contributed by atoms with van der Waals surface area (Å²) < 4.78 is 18.6. The van der Waals surface area contributed by atoms with Gasteiger partial charge in [-0.1, -0.05) is 11.6 Å². The first kappa shape index (κ1) is 11.4. The summed E-state index contributed by atoms with van der Waals surface area (Å²) in [6.45, 7) is 1.75. The van der Waals surface area contributed by atoms with Crippen molar-refractivity contribution in [3.63, 3.8) is 0 Å². The van der Waals surface area contributed by atoms with Crippen molar-refractivity contribution in [3.05, 3.63) is 41.1 Å². The van der Waals surface area contributed by atoms with E-state index in [-0.39, 0.29) is 10.4 Å². The van der Waals surface area contributed by atoms with E-state index in [1.807, 2.05) is 0 Å². The molecule has 1 aromatic carbocycles. The maximum Gasteiger partial charge on any atom is 0.212 e. The Kier molecular flexibility index (Phi) is 3.17. The van der Waals surface area contributed by atoms with Crippen LogP contribution in [0.4, 0.5) is 4.39 Å². The number of hydrogen-bond donors (Lipinski definition) is 0. The lowest BCUT2D eigenvalue weighted by Gasteiger charge is -1.98. The molecule has 0 amide bonds. The van der Waals surface area contributed by atoms with Gasteiger partial charge in [-0.2, -0.15) is 0 Å². The van der Waals surface area contributed by atoms with Crippen LogP contribution in [0, 0.1) is 5.82 Å². The zero-order chi connectivity index (χ0) is 11.7. The van der Waals surface area contributed by atoms with Crippen LogP contribution in [-0.2, 0) is 0 Å². The number of alkyl halides is 1. The molecule has 1 heterocycles. The summed E-state index contributed by atoms with van der Waals surface area (Å²) in [6.07, 6.45) is 1.51. The van der Waals surface area contributed by atoms with Gasteiger partial charge in [-0.15, -0.1) is 11.6 Å². The van der Waals surface area contributed by atoms with Gasteiger partial charge in [0.1, 0.15) is 11.2 Å². The molecule has 0 radical (unpaired) electrons. The van der Waals surface area contributed by atoms with Crippen LogP contribution in [0.5, 0.6) is 0 Å². The van der Waals surface area contributed by atoms with Crippen LogP contribution in [0.2, 0.25) is 5.02 Å². The number of oxazole rings is 1. The highest BCUT2D eigenvalue weighted by atomic mass is 35.5. The molecule has 16 heavy (non-hydrogen) atoms. The van der Waals surface area contributed by atoms with Crippen molar-refractivity contribution in [1.82, 2.24) is 4.98 Å². The maximum atomic E-state index is 13.2.